The van der Waals surface area contributed by atoms with Gasteiger partial charge in [0.25, 0.3) is 0 Å². The van der Waals surface area contributed by atoms with Crippen LogP contribution in [0.3, 0.4) is 0 Å². The van der Waals surface area contributed by atoms with E-state index in [2.05, 4.69) is 30.9 Å². The summed E-state index contributed by atoms with van der Waals surface area (Å²) in [5.74, 6) is 1.02. The topological polar surface area (TPSA) is 12.5 Å². The molecule has 0 aliphatic carbocycles. The second-order valence-electron chi connectivity index (χ2n) is 4.72. The lowest BCUT2D eigenvalue weighted by Crippen LogP contribution is -2.18. The Balaban J connectivity index is 2.17. The summed E-state index contributed by atoms with van der Waals surface area (Å²) in [6, 6.07) is 4.47. The van der Waals surface area contributed by atoms with E-state index in [0.29, 0.717) is 0 Å². The smallest absolute Gasteiger partial charge is 0.122 e. The van der Waals surface area contributed by atoms with Gasteiger partial charge in [-0.2, -0.15) is 0 Å². The lowest BCUT2D eigenvalue weighted by Gasteiger charge is -2.17. The van der Waals surface area contributed by atoms with E-state index < -0.39 is 0 Å². The number of likely N-dealkylation sites (tertiary alicyclic amines) is 1. The van der Waals surface area contributed by atoms with E-state index in [0.717, 1.165) is 12.3 Å². The summed E-state index contributed by atoms with van der Waals surface area (Å²) in [7, 11) is 1.75. The third kappa shape index (κ3) is 2.38. The van der Waals surface area contributed by atoms with Crippen molar-refractivity contribution in [1.29, 1.82) is 0 Å². The highest BCUT2D eigenvalue weighted by Gasteiger charge is 2.13. The van der Waals surface area contributed by atoms with Crippen molar-refractivity contribution in [3.05, 3.63) is 28.8 Å². The average molecular weight is 219 g/mol. The zero-order valence-corrected chi connectivity index (χ0v) is 10.5. The third-order valence-electron chi connectivity index (χ3n) is 3.50. The number of nitrogens with zero attached hydrogens (tertiary/aromatic N) is 1. The molecule has 0 bridgehead atoms. The molecule has 2 heteroatoms. The average Bonchev–Trinajstić information content (AvgIpc) is 2.76. The van der Waals surface area contributed by atoms with Crippen molar-refractivity contribution in [1.82, 2.24) is 4.90 Å². The number of hydrogen-bond acceptors (Lipinski definition) is 2. The molecule has 0 radical (unpaired) electrons. The van der Waals surface area contributed by atoms with Crippen LogP contribution in [0.25, 0.3) is 0 Å². The lowest BCUT2D eigenvalue weighted by molar-refractivity contribution is 0.330. The zero-order valence-electron chi connectivity index (χ0n) is 10.5. The van der Waals surface area contributed by atoms with Gasteiger partial charge in [0.05, 0.1) is 7.11 Å². The van der Waals surface area contributed by atoms with Crippen molar-refractivity contribution in [2.75, 3.05) is 20.2 Å². The van der Waals surface area contributed by atoms with E-state index in [1.54, 1.807) is 7.11 Å². The van der Waals surface area contributed by atoms with E-state index in [1.807, 2.05) is 0 Å². The number of aryl methyl sites for hydroxylation is 1. The van der Waals surface area contributed by atoms with Gasteiger partial charge in [-0.3, -0.25) is 4.90 Å². The molecule has 1 heterocycles. The number of ether oxygens (including phenoxy) is 1. The zero-order chi connectivity index (χ0) is 11.5. The fourth-order valence-corrected chi connectivity index (χ4v) is 2.40. The first-order chi connectivity index (χ1) is 7.70. The monoisotopic (exact) mass is 219 g/mol. The van der Waals surface area contributed by atoms with Crippen LogP contribution in [-0.2, 0) is 6.54 Å². The summed E-state index contributed by atoms with van der Waals surface area (Å²) in [4.78, 5) is 2.52. The van der Waals surface area contributed by atoms with Crippen LogP contribution in [0.2, 0.25) is 0 Å². The second kappa shape index (κ2) is 4.88. The Labute approximate surface area is 98.2 Å². The Morgan fingerprint density at radius 1 is 1.19 bits per heavy atom. The predicted octanol–water partition coefficient (Wildman–Crippen LogP) is 2.91. The van der Waals surface area contributed by atoms with Gasteiger partial charge in [0.15, 0.2) is 0 Å². The molecule has 0 unspecified atom stereocenters. The molecule has 0 N–H and O–H groups in total. The summed E-state index contributed by atoms with van der Waals surface area (Å²) in [6.07, 6.45) is 2.70. The minimum atomic E-state index is 1.02. The third-order valence-corrected chi connectivity index (χ3v) is 3.50. The first-order valence-corrected chi connectivity index (χ1v) is 6.07. The molecule has 88 valence electrons. The molecule has 1 fully saturated rings. The molecule has 0 amide bonds. The Bertz CT molecular complexity index is 367. The van der Waals surface area contributed by atoms with Gasteiger partial charge < -0.3 is 4.74 Å². The van der Waals surface area contributed by atoms with Crippen molar-refractivity contribution in [3.8, 4) is 5.75 Å². The molecule has 0 saturated carbocycles. The van der Waals surface area contributed by atoms with Gasteiger partial charge in [0, 0.05) is 6.54 Å². The molecule has 2 nitrogen and oxygen atoms in total. The van der Waals surface area contributed by atoms with E-state index in [-0.39, 0.29) is 0 Å². The minimum Gasteiger partial charge on any atom is -0.496 e. The molecule has 0 aromatic heterocycles. The van der Waals surface area contributed by atoms with Gasteiger partial charge >= 0.3 is 0 Å². The molecule has 1 aromatic rings. The maximum absolute atomic E-state index is 5.41. The van der Waals surface area contributed by atoms with Gasteiger partial charge in [0.2, 0.25) is 0 Å². The molecule has 16 heavy (non-hydrogen) atoms. The second-order valence-corrected chi connectivity index (χ2v) is 4.72. The number of benzene rings is 1. The van der Waals surface area contributed by atoms with Gasteiger partial charge in [0.1, 0.15) is 5.75 Å². The molecule has 1 aromatic carbocycles. The number of methoxy groups -OCH3 is 1. The molecule has 0 atom stereocenters. The number of hydrogen-bond donors (Lipinski definition) is 0. The largest absolute Gasteiger partial charge is 0.496 e. The standard InChI is InChI=1S/C14H21NO/c1-11-8-13(9-14(16-3)12(11)2)10-15-6-4-5-7-15/h8-9H,4-7,10H2,1-3H3. The molecule has 2 rings (SSSR count). The van der Waals surface area contributed by atoms with Crippen LogP contribution in [-0.4, -0.2) is 25.1 Å². The van der Waals surface area contributed by atoms with Gasteiger partial charge in [-0.25, -0.2) is 0 Å². The summed E-state index contributed by atoms with van der Waals surface area (Å²) in [5.41, 5.74) is 3.96. The maximum atomic E-state index is 5.41. The Hall–Kier alpha value is -1.02. The van der Waals surface area contributed by atoms with Crippen LogP contribution in [0.15, 0.2) is 12.1 Å². The molecule has 1 aliphatic rings. The molecule has 0 spiro atoms. The Morgan fingerprint density at radius 2 is 1.88 bits per heavy atom. The van der Waals surface area contributed by atoms with Crippen LogP contribution in [0, 0.1) is 13.8 Å². The molecule has 1 saturated heterocycles. The quantitative estimate of drug-likeness (QED) is 0.775. The summed E-state index contributed by atoms with van der Waals surface area (Å²) in [5, 5.41) is 0. The lowest BCUT2D eigenvalue weighted by atomic mass is 10.0. The summed E-state index contributed by atoms with van der Waals surface area (Å²) >= 11 is 0. The van der Waals surface area contributed by atoms with Gasteiger partial charge in [-0.1, -0.05) is 6.07 Å². The van der Waals surface area contributed by atoms with E-state index in [1.165, 1.54) is 42.6 Å². The van der Waals surface area contributed by atoms with E-state index in [4.69, 9.17) is 4.74 Å². The summed E-state index contributed by atoms with van der Waals surface area (Å²) < 4.78 is 5.41. The van der Waals surface area contributed by atoms with Crippen molar-refractivity contribution < 1.29 is 4.74 Å². The highest BCUT2D eigenvalue weighted by atomic mass is 16.5. The number of rotatable bonds is 3. The highest BCUT2D eigenvalue weighted by molar-refractivity contribution is 5.42. The first-order valence-electron chi connectivity index (χ1n) is 6.07. The van der Waals surface area contributed by atoms with Crippen molar-refractivity contribution in [2.45, 2.75) is 33.2 Å². The van der Waals surface area contributed by atoms with Crippen LogP contribution in [0.1, 0.15) is 29.5 Å². The van der Waals surface area contributed by atoms with E-state index in [9.17, 15) is 0 Å². The SMILES string of the molecule is COc1cc(CN2CCCC2)cc(C)c1C. The van der Waals surface area contributed by atoms with E-state index >= 15 is 0 Å². The Kier molecular flexibility index (Phi) is 3.49. The fourth-order valence-electron chi connectivity index (χ4n) is 2.40. The van der Waals surface area contributed by atoms with Gasteiger partial charge in [-0.15, -0.1) is 0 Å². The molecule has 1 aliphatic heterocycles. The summed E-state index contributed by atoms with van der Waals surface area (Å²) in [6.45, 7) is 7.83. The molecular formula is C14H21NO. The Morgan fingerprint density at radius 3 is 2.50 bits per heavy atom. The minimum absolute atomic E-state index is 1.02. The fraction of sp³-hybridized carbons (Fsp3) is 0.571. The normalized spacial score (nSPS) is 16.7. The highest BCUT2D eigenvalue weighted by Crippen LogP contribution is 2.24. The van der Waals surface area contributed by atoms with Gasteiger partial charge in [-0.05, 0) is 62.5 Å². The van der Waals surface area contributed by atoms with Crippen molar-refractivity contribution >= 4 is 0 Å². The van der Waals surface area contributed by atoms with Crippen molar-refractivity contribution in [2.24, 2.45) is 0 Å². The molecular weight excluding hydrogens is 198 g/mol. The van der Waals surface area contributed by atoms with Crippen molar-refractivity contribution in [3.63, 3.8) is 0 Å². The van der Waals surface area contributed by atoms with Crippen LogP contribution in [0.5, 0.6) is 5.75 Å². The van der Waals surface area contributed by atoms with Crippen LogP contribution >= 0.6 is 0 Å². The predicted molar refractivity (Wildman–Crippen MR) is 67.0 cm³/mol. The van der Waals surface area contributed by atoms with Crippen LogP contribution in [0.4, 0.5) is 0 Å². The first kappa shape index (κ1) is 11.5. The maximum Gasteiger partial charge on any atom is 0.122 e. The van der Waals surface area contributed by atoms with Crippen LogP contribution < -0.4 is 4.74 Å².